The van der Waals surface area contributed by atoms with Crippen molar-refractivity contribution in [3.8, 4) is 11.5 Å². The van der Waals surface area contributed by atoms with Crippen LogP contribution < -0.4 is 5.76 Å². The van der Waals surface area contributed by atoms with Gasteiger partial charge in [-0.2, -0.15) is 4.68 Å². The Hall–Kier alpha value is -2.73. The van der Waals surface area contributed by atoms with Crippen molar-refractivity contribution in [1.82, 2.24) is 14.7 Å². The second-order valence-electron chi connectivity index (χ2n) is 5.99. The maximum absolute atomic E-state index is 13.0. The smallest absolute Gasteiger partial charge is 0.388 e. The summed E-state index contributed by atoms with van der Waals surface area (Å²) in [7, 11) is 1.93. The van der Waals surface area contributed by atoms with Crippen molar-refractivity contribution < 1.29 is 8.81 Å². The summed E-state index contributed by atoms with van der Waals surface area (Å²) in [5, 5.41) is 4.19. The molecule has 3 aromatic rings. The van der Waals surface area contributed by atoms with Crippen LogP contribution in [0.25, 0.3) is 11.5 Å². The van der Waals surface area contributed by atoms with Gasteiger partial charge in [-0.05, 0) is 56.3 Å². The molecule has 2 aromatic carbocycles. The number of nitrogens with zero attached hydrogens (tertiary/aromatic N) is 3. The molecule has 0 amide bonds. The molecule has 1 aromatic heterocycles. The number of benzene rings is 2. The quantitative estimate of drug-likeness (QED) is 0.662. The number of hydrogen-bond donors (Lipinski definition) is 0. The second kappa shape index (κ2) is 7.90. The molecule has 0 spiro atoms. The van der Waals surface area contributed by atoms with Crippen LogP contribution in [0.1, 0.15) is 12.0 Å². The van der Waals surface area contributed by atoms with Gasteiger partial charge in [0, 0.05) is 5.56 Å². The van der Waals surface area contributed by atoms with Crippen LogP contribution in [0.3, 0.4) is 0 Å². The molecule has 1 heterocycles. The van der Waals surface area contributed by atoms with Crippen LogP contribution in [0.15, 0.2) is 63.8 Å². The van der Waals surface area contributed by atoms with Crippen molar-refractivity contribution in [2.45, 2.75) is 19.5 Å². The normalized spacial score (nSPS) is 11.2. The molecular weight excluding hydrogens is 321 g/mol. The van der Waals surface area contributed by atoms with Gasteiger partial charge < -0.3 is 4.42 Å². The molecule has 3 rings (SSSR count). The molecule has 0 aliphatic heterocycles. The molecule has 0 N–H and O–H groups in total. The highest BCUT2D eigenvalue weighted by molar-refractivity contribution is 5.51. The summed E-state index contributed by atoms with van der Waals surface area (Å²) in [5.41, 5.74) is 1.87. The fourth-order valence-corrected chi connectivity index (χ4v) is 2.60. The first-order chi connectivity index (χ1) is 12.1. The molecule has 0 saturated carbocycles. The second-order valence-corrected chi connectivity index (χ2v) is 5.99. The van der Waals surface area contributed by atoms with E-state index in [0.717, 1.165) is 19.4 Å². The average Bonchev–Trinajstić information content (AvgIpc) is 2.97. The van der Waals surface area contributed by atoms with E-state index in [-0.39, 0.29) is 11.7 Å². The van der Waals surface area contributed by atoms with Gasteiger partial charge in [-0.15, -0.1) is 5.10 Å². The molecule has 0 radical (unpaired) electrons. The molecule has 0 fully saturated rings. The van der Waals surface area contributed by atoms with Crippen molar-refractivity contribution in [3.63, 3.8) is 0 Å². The predicted octanol–water partition coefficient (Wildman–Crippen LogP) is 3.16. The fourth-order valence-electron chi connectivity index (χ4n) is 2.60. The van der Waals surface area contributed by atoms with Crippen LogP contribution in [-0.4, -0.2) is 28.3 Å². The van der Waals surface area contributed by atoms with Crippen molar-refractivity contribution in [1.29, 1.82) is 0 Å². The molecule has 0 bridgehead atoms. The van der Waals surface area contributed by atoms with Gasteiger partial charge in [0.15, 0.2) is 0 Å². The molecule has 130 valence electrons. The highest BCUT2D eigenvalue weighted by atomic mass is 19.1. The highest BCUT2D eigenvalue weighted by Crippen LogP contribution is 2.15. The van der Waals surface area contributed by atoms with Gasteiger partial charge in [-0.25, -0.2) is 9.18 Å². The molecule has 0 saturated heterocycles. The topological polar surface area (TPSA) is 51.3 Å². The van der Waals surface area contributed by atoms with Gasteiger partial charge >= 0.3 is 5.76 Å². The Morgan fingerprint density at radius 1 is 1.12 bits per heavy atom. The molecule has 6 heteroatoms. The Bertz CT molecular complexity index is 856. The first-order valence-corrected chi connectivity index (χ1v) is 8.18. The zero-order valence-corrected chi connectivity index (χ0v) is 14.1. The van der Waals surface area contributed by atoms with Crippen molar-refractivity contribution >= 4 is 0 Å². The van der Waals surface area contributed by atoms with Gasteiger partial charge in [0.05, 0.1) is 6.67 Å². The Kier molecular flexibility index (Phi) is 5.40. The minimum atomic E-state index is -0.519. The van der Waals surface area contributed by atoms with Crippen LogP contribution in [0.5, 0.6) is 0 Å². The van der Waals surface area contributed by atoms with E-state index in [9.17, 15) is 9.18 Å². The Balaban J connectivity index is 1.57. The lowest BCUT2D eigenvalue weighted by atomic mass is 10.1. The fraction of sp³-hybridized carbons (Fsp3) is 0.263. The summed E-state index contributed by atoms with van der Waals surface area (Å²) < 4.78 is 19.4. The van der Waals surface area contributed by atoms with E-state index in [2.05, 4.69) is 17.2 Å². The van der Waals surface area contributed by atoms with Crippen LogP contribution in [0.2, 0.25) is 0 Å². The van der Waals surface area contributed by atoms with Crippen molar-refractivity contribution in [2.75, 3.05) is 13.6 Å². The summed E-state index contributed by atoms with van der Waals surface area (Å²) >= 11 is 0. The van der Waals surface area contributed by atoms with E-state index in [1.807, 2.05) is 30.1 Å². The van der Waals surface area contributed by atoms with E-state index in [0.29, 0.717) is 12.2 Å². The molecule has 0 atom stereocenters. The number of rotatable bonds is 7. The summed E-state index contributed by atoms with van der Waals surface area (Å²) in [6, 6.07) is 16.0. The molecule has 0 unspecified atom stereocenters. The van der Waals surface area contributed by atoms with Crippen LogP contribution in [0, 0.1) is 5.82 Å². The van der Waals surface area contributed by atoms with Gasteiger partial charge in [0.2, 0.25) is 5.89 Å². The van der Waals surface area contributed by atoms with E-state index < -0.39 is 5.76 Å². The predicted molar refractivity (Wildman–Crippen MR) is 93.6 cm³/mol. The number of aryl methyl sites for hydroxylation is 1. The van der Waals surface area contributed by atoms with E-state index in [1.54, 1.807) is 0 Å². The molecule has 25 heavy (non-hydrogen) atoms. The van der Waals surface area contributed by atoms with Gasteiger partial charge in [-0.3, -0.25) is 4.90 Å². The van der Waals surface area contributed by atoms with Crippen molar-refractivity contribution in [2.24, 2.45) is 0 Å². The Morgan fingerprint density at radius 2 is 1.84 bits per heavy atom. The highest BCUT2D eigenvalue weighted by Gasteiger charge is 2.11. The zero-order valence-electron chi connectivity index (χ0n) is 14.1. The largest absolute Gasteiger partial charge is 0.438 e. The first kappa shape index (κ1) is 17.1. The van der Waals surface area contributed by atoms with Crippen LogP contribution >= 0.6 is 0 Å². The molecule has 0 aliphatic carbocycles. The maximum Gasteiger partial charge on any atom is 0.438 e. The van der Waals surface area contributed by atoms with Crippen LogP contribution in [0.4, 0.5) is 4.39 Å². The van der Waals surface area contributed by atoms with E-state index in [1.165, 1.54) is 34.5 Å². The third-order valence-electron chi connectivity index (χ3n) is 3.92. The SMILES string of the molecule is CN(CCCc1ccccc1)Cn1nc(-c2ccc(F)cc2)oc1=O. The van der Waals surface area contributed by atoms with Gasteiger partial charge in [0.1, 0.15) is 5.82 Å². The van der Waals surface area contributed by atoms with Crippen LogP contribution in [-0.2, 0) is 13.1 Å². The molecular formula is C19H20FN3O2. The summed E-state index contributed by atoms with van der Waals surface area (Å²) in [6.07, 6.45) is 1.97. The average molecular weight is 341 g/mol. The van der Waals surface area contributed by atoms with Gasteiger partial charge in [0.25, 0.3) is 0 Å². The number of hydrogen-bond acceptors (Lipinski definition) is 4. The third-order valence-corrected chi connectivity index (χ3v) is 3.92. The Morgan fingerprint density at radius 3 is 2.56 bits per heavy atom. The van der Waals surface area contributed by atoms with E-state index in [4.69, 9.17) is 4.42 Å². The van der Waals surface area contributed by atoms with E-state index >= 15 is 0 Å². The minimum Gasteiger partial charge on any atom is -0.388 e. The minimum absolute atomic E-state index is 0.197. The van der Waals surface area contributed by atoms with Gasteiger partial charge in [-0.1, -0.05) is 30.3 Å². The van der Waals surface area contributed by atoms with Crippen molar-refractivity contribution in [3.05, 3.63) is 76.5 Å². The first-order valence-electron chi connectivity index (χ1n) is 8.18. The third kappa shape index (κ3) is 4.64. The maximum atomic E-state index is 13.0. The molecule has 0 aliphatic rings. The summed E-state index contributed by atoms with van der Waals surface area (Å²) in [6.45, 7) is 1.18. The number of aromatic nitrogens is 2. The lowest BCUT2D eigenvalue weighted by Gasteiger charge is -2.15. The summed E-state index contributed by atoms with van der Waals surface area (Å²) in [5.74, 6) is -0.666. The monoisotopic (exact) mass is 341 g/mol. The molecule has 5 nitrogen and oxygen atoms in total. The lowest BCUT2D eigenvalue weighted by molar-refractivity contribution is 0.242. The standard InChI is InChI=1S/C19H20FN3O2/c1-22(13-5-8-15-6-3-2-4-7-15)14-23-19(24)25-18(21-23)16-9-11-17(20)12-10-16/h2-4,6-7,9-12H,5,8,13-14H2,1H3. The summed E-state index contributed by atoms with van der Waals surface area (Å²) in [4.78, 5) is 14.0. The zero-order chi connectivity index (χ0) is 17.6. The number of halogens is 1. The lowest BCUT2D eigenvalue weighted by Crippen LogP contribution is -2.29. The Labute approximate surface area is 145 Å².